The monoisotopic (exact) mass is 196 g/mol. The summed E-state index contributed by atoms with van der Waals surface area (Å²) in [5, 5.41) is 14.6. The SMILES string of the molecule is CCO.CO.[Mg+2][Cl].[Mg+2][Cl]. The Labute approximate surface area is 89.3 Å². The Balaban J connectivity index is -0.0000000190. The van der Waals surface area contributed by atoms with Crippen molar-refractivity contribution in [2.45, 2.75) is 6.92 Å². The number of hydrogen-bond acceptors (Lipinski definition) is 2. The van der Waals surface area contributed by atoms with Gasteiger partial charge in [0.25, 0.3) is 0 Å². The van der Waals surface area contributed by atoms with Gasteiger partial charge in [-0.2, -0.15) is 0 Å². The smallest absolute Gasteiger partial charge is 0.400 e. The highest BCUT2D eigenvalue weighted by Gasteiger charge is 2.16. The fraction of sp³-hybridized carbons (Fsp3) is 1.00. The molecule has 9 heavy (non-hydrogen) atoms. The Bertz CT molecular complexity index is 17.8. The lowest BCUT2D eigenvalue weighted by Crippen LogP contribution is -1.57. The molecule has 0 aliphatic carbocycles. The maximum atomic E-state index is 7.57. The zero-order valence-electron chi connectivity index (χ0n) is 5.77. The molecule has 0 aromatic rings. The van der Waals surface area contributed by atoms with Crippen molar-refractivity contribution < 1.29 is 10.2 Å². The molecule has 6 heteroatoms. The van der Waals surface area contributed by atoms with Gasteiger partial charge in [0.05, 0.1) is 0 Å². The summed E-state index contributed by atoms with van der Waals surface area (Å²) in [4.78, 5) is 0. The minimum atomic E-state index is 0.250. The van der Waals surface area contributed by atoms with Gasteiger partial charge >= 0.3 is 59.4 Å². The van der Waals surface area contributed by atoms with Gasteiger partial charge in [-0.1, -0.05) is 0 Å². The predicted molar refractivity (Wildman–Crippen MR) is 44.1 cm³/mol. The molecule has 0 aliphatic rings. The molecule has 0 aromatic heterocycles. The van der Waals surface area contributed by atoms with E-state index in [9.17, 15) is 0 Å². The van der Waals surface area contributed by atoms with Gasteiger partial charge in [0, 0.05) is 13.7 Å². The zero-order chi connectivity index (χ0) is 8.71. The summed E-state index contributed by atoms with van der Waals surface area (Å²) in [5.41, 5.74) is 0. The van der Waals surface area contributed by atoms with Crippen molar-refractivity contribution in [3.63, 3.8) is 0 Å². The average Bonchev–Trinajstić information content (AvgIpc) is 2.01. The van der Waals surface area contributed by atoms with Crippen LogP contribution in [0.1, 0.15) is 6.92 Å². The number of aliphatic hydroxyl groups is 2. The number of halogens is 2. The Kier molecular flexibility index (Phi) is 222. The van der Waals surface area contributed by atoms with Crippen LogP contribution in [0.2, 0.25) is 0 Å². The lowest BCUT2D eigenvalue weighted by Gasteiger charge is -1.52. The van der Waals surface area contributed by atoms with E-state index in [1.54, 1.807) is 6.92 Å². The lowest BCUT2D eigenvalue weighted by molar-refractivity contribution is 0.318. The summed E-state index contributed by atoms with van der Waals surface area (Å²) < 4.78 is 0. The molecule has 0 aliphatic heterocycles. The van der Waals surface area contributed by atoms with Crippen LogP contribution in [-0.4, -0.2) is 65.1 Å². The highest BCUT2D eigenvalue weighted by molar-refractivity contribution is 6.81. The van der Waals surface area contributed by atoms with Gasteiger partial charge < -0.3 is 10.2 Å². The van der Waals surface area contributed by atoms with Crippen LogP contribution in [-0.2, 0) is 0 Å². The van der Waals surface area contributed by atoms with Crippen molar-refractivity contribution in [1.82, 2.24) is 0 Å². The van der Waals surface area contributed by atoms with Crippen molar-refractivity contribution >= 4 is 59.4 Å². The number of aliphatic hydroxyl groups excluding tert-OH is 2. The summed E-state index contributed by atoms with van der Waals surface area (Å²) >= 11 is 2.67. The van der Waals surface area contributed by atoms with E-state index in [4.69, 9.17) is 10.2 Å². The molecule has 2 nitrogen and oxygen atoms in total. The molecule has 0 fully saturated rings. The van der Waals surface area contributed by atoms with E-state index in [2.05, 4.69) is 18.1 Å². The first kappa shape index (κ1) is 22.5. The summed E-state index contributed by atoms with van der Waals surface area (Å²) in [6.07, 6.45) is 0. The highest BCUT2D eigenvalue weighted by Crippen LogP contribution is 1.30. The second kappa shape index (κ2) is 89.0. The summed E-state index contributed by atoms with van der Waals surface area (Å²) in [6.45, 7) is 1.93. The van der Waals surface area contributed by atoms with Crippen LogP contribution in [0.3, 0.4) is 0 Å². The second-order valence-corrected chi connectivity index (χ2v) is 0.316. The molecule has 0 spiro atoms. The van der Waals surface area contributed by atoms with Gasteiger partial charge in [-0.15, -0.1) is 0 Å². The van der Waals surface area contributed by atoms with Gasteiger partial charge in [0.1, 0.15) is 0 Å². The lowest BCUT2D eigenvalue weighted by atomic mass is 10.9. The first-order chi connectivity index (χ1) is 4.41. The molecular weight excluding hydrogens is 188 g/mol. The largest absolute Gasteiger partial charge is 1.59 e. The van der Waals surface area contributed by atoms with Crippen molar-refractivity contribution in [3.05, 3.63) is 0 Å². The molecule has 2 N–H and O–H groups in total. The molecule has 0 atom stereocenters. The maximum absolute atomic E-state index is 7.57. The van der Waals surface area contributed by atoms with Crippen molar-refractivity contribution in [1.29, 1.82) is 0 Å². The summed E-state index contributed by atoms with van der Waals surface area (Å²) in [6, 6.07) is 0. The van der Waals surface area contributed by atoms with E-state index in [1.807, 2.05) is 0 Å². The molecule has 14 radical (unpaired) electrons. The quantitative estimate of drug-likeness (QED) is 0.546. The molecule has 48 valence electrons. The molecule has 0 unspecified atom stereocenters. The van der Waals surface area contributed by atoms with Gasteiger partial charge in [0.2, 0.25) is 0 Å². The fourth-order valence-corrected chi connectivity index (χ4v) is 0. The molecule has 0 bridgehead atoms. The van der Waals surface area contributed by atoms with Gasteiger partial charge in [-0.3, -0.25) is 0 Å². The van der Waals surface area contributed by atoms with Crippen molar-refractivity contribution in [2.75, 3.05) is 13.7 Å². The molecule has 0 rings (SSSR count). The highest BCUT2D eigenvalue weighted by atomic mass is 35.5. The molecule has 0 aromatic carbocycles. The van der Waals surface area contributed by atoms with E-state index < -0.39 is 0 Å². The van der Waals surface area contributed by atoms with E-state index in [1.165, 1.54) is 41.2 Å². The molecule has 0 saturated carbocycles. The standard InChI is InChI=1S/C2H6O.CH4O.2ClH.2Mg/c1-2-3;1-2;;;;/h3H,2H2,1H3;2H,1H3;2*1H;;/q;;;;2*+3/p-2. The molecule has 0 saturated heterocycles. The Hall–Kier alpha value is 2.03. The Morgan fingerprint density at radius 3 is 1.11 bits per heavy atom. The maximum Gasteiger partial charge on any atom is 1.59 e. The van der Waals surface area contributed by atoms with Crippen LogP contribution in [0.15, 0.2) is 0 Å². The first-order valence-corrected chi connectivity index (χ1v) is 6.28. The average molecular weight is 198 g/mol. The molecular formula is C3H10Cl2Mg2O2+4. The Morgan fingerprint density at radius 1 is 1.11 bits per heavy atom. The zero-order valence-corrected chi connectivity index (χ0v) is 10.1. The predicted octanol–water partition coefficient (Wildman–Crippen LogP) is 0.224. The van der Waals surface area contributed by atoms with E-state index in [0.717, 1.165) is 7.11 Å². The van der Waals surface area contributed by atoms with Crippen LogP contribution in [0.25, 0.3) is 0 Å². The van der Waals surface area contributed by atoms with Crippen LogP contribution < -0.4 is 0 Å². The van der Waals surface area contributed by atoms with Crippen molar-refractivity contribution in [3.8, 4) is 0 Å². The van der Waals surface area contributed by atoms with Gasteiger partial charge in [-0.05, 0) is 6.92 Å². The van der Waals surface area contributed by atoms with E-state index in [0.29, 0.717) is 0 Å². The Morgan fingerprint density at radius 2 is 1.11 bits per heavy atom. The first-order valence-electron chi connectivity index (χ1n) is 2.01. The van der Waals surface area contributed by atoms with Crippen LogP contribution >= 0.6 is 18.1 Å². The number of hydrogen-bond donors (Lipinski definition) is 2. The minimum Gasteiger partial charge on any atom is -0.400 e. The minimum absolute atomic E-state index is 0.250. The summed E-state index contributed by atoms with van der Waals surface area (Å²) in [7, 11) is 10.3. The third kappa shape index (κ3) is 157. The third-order valence-electron chi connectivity index (χ3n) is 0. The van der Waals surface area contributed by atoms with Crippen molar-refractivity contribution in [2.24, 2.45) is 0 Å². The topological polar surface area (TPSA) is 40.5 Å². The van der Waals surface area contributed by atoms with Crippen LogP contribution in [0.5, 0.6) is 0 Å². The van der Waals surface area contributed by atoms with Crippen LogP contribution in [0.4, 0.5) is 0 Å². The molecule has 0 heterocycles. The summed E-state index contributed by atoms with van der Waals surface area (Å²) in [5.74, 6) is 0. The van der Waals surface area contributed by atoms with E-state index >= 15 is 0 Å². The third-order valence-corrected chi connectivity index (χ3v) is 0. The van der Waals surface area contributed by atoms with E-state index in [-0.39, 0.29) is 6.61 Å². The molecule has 0 amide bonds. The normalized spacial score (nSPS) is 4.00. The second-order valence-electron chi connectivity index (χ2n) is 0.316. The van der Waals surface area contributed by atoms with Gasteiger partial charge in [-0.25, -0.2) is 0 Å². The van der Waals surface area contributed by atoms with Gasteiger partial charge in [0.15, 0.2) is 0 Å². The fourth-order valence-electron chi connectivity index (χ4n) is 0. The van der Waals surface area contributed by atoms with Crippen LogP contribution in [0, 0.1) is 0 Å². The number of rotatable bonds is 0.